The Labute approximate surface area is 197 Å². The quantitative estimate of drug-likeness (QED) is 0.595. The van der Waals surface area contributed by atoms with Crippen molar-refractivity contribution in [2.75, 3.05) is 11.9 Å². The molecular weight excluding hydrogens is 438 g/mol. The largest absolute Gasteiger partial charge is 0.352 e. The highest BCUT2D eigenvalue weighted by Gasteiger charge is 2.50. The maximum atomic E-state index is 13.9. The molecule has 0 spiro atoms. The molecule has 2 aromatic heterocycles. The highest BCUT2D eigenvalue weighted by molar-refractivity contribution is 6.31. The van der Waals surface area contributed by atoms with E-state index in [9.17, 15) is 4.79 Å². The first kappa shape index (κ1) is 20.6. The molecule has 8 nitrogen and oxygen atoms in total. The Morgan fingerprint density at radius 1 is 1.15 bits per heavy atom. The highest BCUT2D eigenvalue weighted by Crippen LogP contribution is 2.47. The number of hydrogen-bond donors (Lipinski definition) is 1. The lowest BCUT2D eigenvalue weighted by Crippen LogP contribution is -2.64. The number of amides is 1. The van der Waals surface area contributed by atoms with Crippen LogP contribution < -0.4 is 5.32 Å². The molecule has 1 amide bonds. The number of aromatic nitrogens is 5. The number of hydrogen-bond acceptors (Lipinski definition) is 6. The molecule has 4 aliphatic rings. The van der Waals surface area contributed by atoms with Gasteiger partial charge in [0.25, 0.3) is 5.91 Å². The predicted molar refractivity (Wildman–Crippen MR) is 124 cm³/mol. The van der Waals surface area contributed by atoms with E-state index in [0.29, 0.717) is 46.5 Å². The van der Waals surface area contributed by atoms with E-state index in [1.165, 1.54) is 23.2 Å². The van der Waals surface area contributed by atoms with Crippen molar-refractivity contribution in [3.63, 3.8) is 0 Å². The normalized spacial score (nSPS) is 26.1. The van der Waals surface area contributed by atoms with E-state index in [1.807, 2.05) is 12.4 Å². The maximum Gasteiger partial charge on any atom is 0.256 e. The zero-order chi connectivity index (χ0) is 22.5. The SMILES string of the molecule is C[C@@H]1C2CC(C2)N(C(=O)c2cc(Cl)ccc2-n2nccn2)C1CNc1ncc(C2CC2)cn1. The second-order valence-electron chi connectivity index (χ2n) is 9.50. The van der Waals surface area contributed by atoms with Gasteiger partial charge in [0.2, 0.25) is 5.95 Å². The van der Waals surface area contributed by atoms with Crippen LogP contribution in [0.1, 0.15) is 54.4 Å². The van der Waals surface area contributed by atoms with Gasteiger partial charge < -0.3 is 10.2 Å². The van der Waals surface area contributed by atoms with Gasteiger partial charge in [0.05, 0.1) is 29.7 Å². The van der Waals surface area contributed by atoms with Gasteiger partial charge in [-0.05, 0) is 67.2 Å². The molecule has 4 heterocycles. The molecule has 4 fully saturated rings. The second kappa shape index (κ2) is 8.09. The van der Waals surface area contributed by atoms with Crippen molar-refractivity contribution in [3.05, 3.63) is 59.1 Å². The number of benzene rings is 1. The van der Waals surface area contributed by atoms with Crippen molar-refractivity contribution in [3.8, 4) is 5.69 Å². The van der Waals surface area contributed by atoms with Crippen LogP contribution in [0.4, 0.5) is 5.95 Å². The van der Waals surface area contributed by atoms with Gasteiger partial charge in [-0.15, -0.1) is 0 Å². The number of nitrogens with one attached hydrogen (secondary N) is 1. The molecule has 2 bridgehead atoms. The minimum absolute atomic E-state index is 0.0309. The molecular formula is C24H26ClN7O. The monoisotopic (exact) mass is 463 g/mol. The molecule has 2 atom stereocenters. The van der Waals surface area contributed by atoms with Gasteiger partial charge in [-0.2, -0.15) is 15.0 Å². The Morgan fingerprint density at radius 3 is 2.58 bits per heavy atom. The average molecular weight is 464 g/mol. The third-order valence-electron chi connectivity index (χ3n) is 7.50. The number of carbonyl (C=O) groups is 1. The minimum Gasteiger partial charge on any atom is -0.352 e. The molecule has 2 saturated carbocycles. The fourth-order valence-electron chi connectivity index (χ4n) is 5.31. The summed E-state index contributed by atoms with van der Waals surface area (Å²) in [5.74, 6) is 2.24. The Kier molecular flexibility index (Phi) is 5.05. The number of fused-ring (bicyclic) bond motifs is 2. The lowest BCUT2D eigenvalue weighted by molar-refractivity contribution is -0.0502. The van der Waals surface area contributed by atoms with Gasteiger partial charge in [-0.3, -0.25) is 4.79 Å². The number of piperidine rings is 2. The molecule has 1 unspecified atom stereocenters. The summed E-state index contributed by atoms with van der Waals surface area (Å²) in [6.07, 6.45) is 11.6. The van der Waals surface area contributed by atoms with Crippen LogP contribution in [0.3, 0.4) is 0 Å². The molecule has 1 aromatic carbocycles. The molecule has 1 N–H and O–H groups in total. The Hall–Kier alpha value is -3.00. The van der Waals surface area contributed by atoms with E-state index in [-0.39, 0.29) is 18.0 Å². The molecule has 9 heteroatoms. The summed E-state index contributed by atoms with van der Waals surface area (Å²) in [5, 5.41) is 12.4. The van der Waals surface area contributed by atoms with Gasteiger partial charge in [0, 0.05) is 30.0 Å². The van der Waals surface area contributed by atoms with Crippen LogP contribution in [0.25, 0.3) is 5.69 Å². The Morgan fingerprint density at radius 2 is 1.88 bits per heavy atom. The van der Waals surface area contributed by atoms with E-state index >= 15 is 0 Å². The van der Waals surface area contributed by atoms with Gasteiger partial charge in [-0.25, -0.2) is 9.97 Å². The van der Waals surface area contributed by atoms with Crippen molar-refractivity contribution in [2.24, 2.45) is 11.8 Å². The van der Waals surface area contributed by atoms with Crippen molar-refractivity contribution < 1.29 is 4.79 Å². The summed E-state index contributed by atoms with van der Waals surface area (Å²) in [7, 11) is 0. The Balaban J connectivity index is 1.26. The van der Waals surface area contributed by atoms with Crippen LogP contribution in [0.5, 0.6) is 0 Å². The molecule has 2 aliphatic carbocycles. The van der Waals surface area contributed by atoms with Crippen molar-refractivity contribution in [1.29, 1.82) is 0 Å². The average Bonchev–Trinajstić information content (AvgIpc) is 3.51. The molecule has 170 valence electrons. The first-order valence-corrected chi connectivity index (χ1v) is 12.0. The lowest BCUT2D eigenvalue weighted by Gasteiger charge is -2.57. The first-order chi connectivity index (χ1) is 16.1. The second-order valence-corrected chi connectivity index (χ2v) is 9.94. The van der Waals surface area contributed by atoms with E-state index in [2.05, 4.69) is 37.3 Å². The summed E-state index contributed by atoms with van der Waals surface area (Å²) >= 11 is 6.30. The smallest absolute Gasteiger partial charge is 0.256 e. The van der Waals surface area contributed by atoms with Crippen LogP contribution in [0.15, 0.2) is 43.0 Å². The number of carbonyl (C=O) groups excluding carboxylic acids is 1. The summed E-state index contributed by atoms with van der Waals surface area (Å²) in [6.45, 7) is 2.86. The molecule has 2 aliphatic heterocycles. The summed E-state index contributed by atoms with van der Waals surface area (Å²) < 4.78 is 0. The third-order valence-corrected chi connectivity index (χ3v) is 7.73. The van der Waals surface area contributed by atoms with Gasteiger partial charge in [0.1, 0.15) is 0 Å². The summed E-state index contributed by atoms with van der Waals surface area (Å²) in [5.41, 5.74) is 2.37. The maximum absolute atomic E-state index is 13.9. The standard InChI is InChI=1S/C24H26ClN7O/c1-14-16-8-19(9-16)31(22(14)13-28-24-26-11-17(12-27-24)15-2-3-15)23(33)20-10-18(25)4-5-21(20)32-29-6-7-30-32/h4-7,10-12,14-16,19,22H,2-3,8-9,13H2,1H3,(H,26,27,28)/t14-,16?,19?,22?/m1/s1. The fraction of sp³-hybridized carbons (Fsp3) is 0.458. The number of halogens is 1. The van der Waals surface area contributed by atoms with Gasteiger partial charge in [-0.1, -0.05) is 18.5 Å². The topological polar surface area (TPSA) is 88.8 Å². The van der Waals surface area contributed by atoms with Crippen LogP contribution >= 0.6 is 11.6 Å². The number of nitrogens with zero attached hydrogens (tertiary/aromatic N) is 6. The van der Waals surface area contributed by atoms with Crippen LogP contribution in [-0.4, -0.2) is 54.4 Å². The van der Waals surface area contributed by atoms with Crippen LogP contribution in [-0.2, 0) is 0 Å². The van der Waals surface area contributed by atoms with Gasteiger partial charge >= 0.3 is 0 Å². The van der Waals surface area contributed by atoms with Crippen molar-refractivity contribution in [2.45, 2.75) is 50.6 Å². The predicted octanol–water partition coefficient (Wildman–Crippen LogP) is 3.94. The highest BCUT2D eigenvalue weighted by atomic mass is 35.5. The lowest BCUT2D eigenvalue weighted by atomic mass is 9.64. The Bertz CT molecular complexity index is 1160. The molecule has 0 radical (unpaired) electrons. The third kappa shape index (κ3) is 3.76. The van der Waals surface area contributed by atoms with Crippen LogP contribution in [0, 0.1) is 11.8 Å². The molecule has 7 rings (SSSR count). The number of anilines is 1. The van der Waals surface area contributed by atoms with E-state index < -0.39 is 0 Å². The molecule has 33 heavy (non-hydrogen) atoms. The molecule has 2 saturated heterocycles. The van der Waals surface area contributed by atoms with E-state index in [1.54, 1.807) is 30.6 Å². The zero-order valence-electron chi connectivity index (χ0n) is 18.4. The van der Waals surface area contributed by atoms with Crippen LogP contribution in [0.2, 0.25) is 5.02 Å². The van der Waals surface area contributed by atoms with E-state index in [4.69, 9.17) is 11.6 Å². The first-order valence-electron chi connectivity index (χ1n) is 11.6. The summed E-state index contributed by atoms with van der Waals surface area (Å²) in [6, 6.07) is 5.56. The number of rotatable bonds is 6. The summed E-state index contributed by atoms with van der Waals surface area (Å²) in [4.78, 5) is 26.5. The zero-order valence-corrected chi connectivity index (χ0v) is 19.2. The fourth-order valence-corrected chi connectivity index (χ4v) is 5.48. The van der Waals surface area contributed by atoms with E-state index in [0.717, 1.165) is 12.8 Å². The van der Waals surface area contributed by atoms with Gasteiger partial charge in [0.15, 0.2) is 0 Å². The van der Waals surface area contributed by atoms with Crippen molar-refractivity contribution >= 4 is 23.5 Å². The minimum atomic E-state index is -0.0309. The van der Waals surface area contributed by atoms with Crippen molar-refractivity contribution in [1.82, 2.24) is 29.9 Å². The molecule has 3 aromatic rings.